The van der Waals surface area contributed by atoms with E-state index in [2.05, 4.69) is 72.8 Å². The maximum absolute atomic E-state index is 13.8. The number of carboxylic acids is 2. The molecular formula is C37H58N12O12S3. The molecule has 0 saturated carbocycles. The van der Waals surface area contributed by atoms with Gasteiger partial charge in [-0.15, -0.1) is 0 Å². The lowest BCUT2D eigenvalue weighted by Gasteiger charge is -2.25. The van der Waals surface area contributed by atoms with E-state index in [1.54, 1.807) is 36.6 Å². The molecule has 64 heavy (non-hydrogen) atoms. The number of amides is 8. The minimum atomic E-state index is -1.76. The van der Waals surface area contributed by atoms with Crippen LogP contribution in [0.25, 0.3) is 0 Å². The number of hydrogen-bond acceptors (Lipinski definition) is 15. The van der Waals surface area contributed by atoms with E-state index in [-0.39, 0.29) is 49.7 Å². The van der Waals surface area contributed by atoms with Crippen LogP contribution in [0.15, 0.2) is 35.3 Å². The Morgan fingerprint density at radius 1 is 0.672 bits per heavy atom. The smallest absolute Gasteiger partial charge is 0.325 e. The Hall–Kier alpha value is -5.80. The fraction of sp³-hybridized carbons (Fsp3) is 0.541. The molecule has 0 unspecified atom stereocenters. The number of aliphatic imine (C=N–C) groups is 1. The van der Waals surface area contributed by atoms with Crippen molar-refractivity contribution in [1.82, 2.24) is 42.5 Å². The SMILES string of the molecule is CSCC[C@H](NC(=O)[C@H](CC(=O)O)NC(=O)CNC(=O)[C@H](CCCN=C(N)N)NC(=O)[C@@H](N)CS)C(=O)N[C@@H](Cc1ccccc1)C(=O)NCC(=O)N[C@@H](CS)C(=O)N[C@@H](C)C(=O)O. The van der Waals surface area contributed by atoms with Crippen molar-refractivity contribution in [1.29, 1.82) is 0 Å². The highest BCUT2D eigenvalue weighted by molar-refractivity contribution is 7.98. The Bertz CT molecular complexity index is 1810. The van der Waals surface area contributed by atoms with Crippen LogP contribution in [0.1, 0.15) is 38.2 Å². The van der Waals surface area contributed by atoms with Gasteiger partial charge >= 0.3 is 11.9 Å². The molecule has 1 aromatic rings. The van der Waals surface area contributed by atoms with Crippen LogP contribution >= 0.6 is 37.0 Å². The van der Waals surface area contributed by atoms with Crippen LogP contribution in [-0.2, 0) is 54.4 Å². The highest BCUT2D eigenvalue weighted by Crippen LogP contribution is 2.08. The minimum Gasteiger partial charge on any atom is -0.481 e. The topological polar surface area (TPSA) is 398 Å². The van der Waals surface area contributed by atoms with Gasteiger partial charge in [0.2, 0.25) is 47.3 Å². The average Bonchev–Trinajstić information content (AvgIpc) is 3.25. The van der Waals surface area contributed by atoms with E-state index in [9.17, 15) is 53.1 Å². The van der Waals surface area contributed by atoms with Crippen LogP contribution in [0.2, 0.25) is 0 Å². The maximum Gasteiger partial charge on any atom is 0.325 e. The normalized spacial score (nSPS) is 14.0. The van der Waals surface area contributed by atoms with Gasteiger partial charge in [0.15, 0.2) is 5.96 Å². The predicted molar refractivity (Wildman–Crippen MR) is 242 cm³/mol. The summed E-state index contributed by atoms with van der Waals surface area (Å²) in [6.07, 6.45) is 0.920. The van der Waals surface area contributed by atoms with Crippen LogP contribution in [-0.4, -0.2) is 161 Å². The molecule has 7 atom stereocenters. The number of guanidine groups is 1. The van der Waals surface area contributed by atoms with Crippen molar-refractivity contribution in [2.24, 2.45) is 22.2 Å². The summed E-state index contributed by atoms with van der Waals surface area (Å²) in [6.45, 7) is -0.102. The second kappa shape index (κ2) is 30.3. The largest absolute Gasteiger partial charge is 0.481 e. The van der Waals surface area contributed by atoms with Crippen LogP contribution in [0.3, 0.4) is 0 Å². The molecule has 0 aromatic heterocycles. The Balaban J connectivity index is 3.16. The van der Waals surface area contributed by atoms with Gasteiger partial charge in [0.1, 0.15) is 36.3 Å². The number of nitrogens with two attached hydrogens (primary N) is 3. The number of aliphatic carboxylic acids is 2. The Kier molecular flexibility index (Phi) is 26.6. The molecule has 0 radical (unpaired) electrons. The van der Waals surface area contributed by atoms with E-state index in [4.69, 9.17) is 22.3 Å². The number of carbonyl (C=O) groups excluding carboxylic acids is 8. The van der Waals surface area contributed by atoms with Crippen LogP contribution in [0, 0.1) is 0 Å². The van der Waals surface area contributed by atoms with Gasteiger partial charge in [0.25, 0.3) is 0 Å². The average molecular weight is 959 g/mol. The zero-order valence-electron chi connectivity index (χ0n) is 35.2. The van der Waals surface area contributed by atoms with Gasteiger partial charge in [-0.2, -0.15) is 37.0 Å². The molecule has 16 N–H and O–H groups in total. The molecule has 356 valence electrons. The number of hydrogen-bond donors (Lipinski definition) is 15. The lowest BCUT2D eigenvalue weighted by molar-refractivity contribution is -0.141. The summed E-state index contributed by atoms with van der Waals surface area (Å²) >= 11 is 9.30. The lowest BCUT2D eigenvalue weighted by Crippen LogP contribution is -2.58. The van der Waals surface area contributed by atoms with E-state index in [0.29, 0.717) is 11.3 Å². The molecular weight excluding hydrogens is 901 g/mol. The highest BCUT2D eigenvalue weighted by Gasteiger charge is 2.32. The van der Waals surface area contributed by atoms with Gasteiger partial charge in [0.05, 0.1) is 25.6 Å². The molecule has 24 nitrogen and oxygen atoms in total. The summed E-state index contributed by atoms with van der Waals surface area (Å²) in [5.41, 5.74) is 17.0. The first-order valence-electron chi connectivity index (χ1n) is 19.6. The van der Waals surface area contributed by atoms with Crippen molar-refractivity contribution in [3.8, 4) is 0 Å². The third kappa shape index (κ3) is 22.5. The molecule has 1 aromatic carbocycles. The molecule has 0 aliphatic carbocycles. The van der Waals surface area contributed by atoms with Crippen molar-refractivity contribution >= 4 is 102 Å². The van der Waals surface area contributed by atoms with E-state index >= 15 is 0 Å². The molecule has 0 spiro atoms. The number of benzene rings is 1. The predicted octanol–water partition coefficient (Wildman–Crippen LogP) is -5.06. The third-order valence-electron chi connectivity index (χ3n) is 8.71. The number of carboxylic acid groups (broad SMARTS) is 2. The van der Waals surface area contributed by atoms with E-state index in [0.717, 1.165) is 0 Å². The number of nitrogens with one attached hydrogen (secondary N) is 8. The first-order valence-corrected chi connectivity index (χ1v) is 22.2. The molecule has 0 saturated heterocycles. The second-order valence-corrected chi connectivity index (χ2v) is 15.6. The monoisotopic (exact) mass is 958 g/mol. The fourth-order valence-corrected chi connectivity index (χ4v) is 6.16. The van der Waals surface area contributed by atoms with Gasteiger partial charge in [-0.3, -0.25) is 52.9 Å². The molecule has 1 rings (SSSR count). The number of thioether (sulfide) groups is 1. The van der Waals surface area contributed by atoms with Crippen LogP contribution in [0.4, 0.5) is 0 Å². The minimum absolute atomic E-state index is 0.0224. The first kappa shape index (κ1) is 56.2. The molecule has 8 amide bonds. The van der Waals surface area contributed by atoms with Gasteiger partial charge < -0.3 is 69.9 Å². The first-order chi connectivity index (χ1) is 30.2. The number of nitrogens with zero attached hydrogens (tertiary/aromatic N) is 1. The van der Waals surface area contributed by atoms with E-state index < -0.39 is 121 Å². The zero-order chi connectivity index (χ0) is 48.4. The van der Waals surface area contributed by atoms with Crippen LogP contribution < -0.4 is 59.7 Å². The second-order valence-electron chi connectivity index (χ2n) is 13.9. The summed E-state index contributed by atoms with van der Waals surface area (Å²) < 4.78 is 0. The van der Waals surface area contributed by atoms with Crippen molar-refractivity contribution < 1.29 is 58.2 Å². The Labute approximate surface area is 384 Å². The van der Waals surface area contributed by atoms with Crippen LogP contribution in [0.5, 0.6) is 0 Å². The summed E-state index contributed by atoms with van der Waals surface area (Å²) in [7, 11) is 0. The molecule has 0 aliphatic heterocycles. The number of carbonyl (C=O) groups is 10. The van der Waals surface area contributed by atoms with Crippen molar-refractivity contribution in [2.45, 2.75) is 81.3 Å². The highest BCUT2D eigenvalue weighted by atomic mass is 32.2. The molecule has 0 heterocycles. The maximum atomic E-state index is 13.8. The summed E-state index contributed by atoms with van der Waals surface area (Å²) in [4.78, 5) is 131. The summed E-state index contributed by atoms with van der Waals surface area (Å²) in [5.74, 6) is -9.95. The van der Waals surface area contributed by atoms with Gasteiger partial charge in [-0.05, 0) is 43.8 Å². The summed E-state index contributed by atoms with van der Waals surface area (Å²) in [5, 5.41) is 37.6. The lowest BCUT2D eigenvalue weighted by atomic mass is 10.0. The molecule has 0 aliphatic rings. The Morgan fingerprint density at radius 2 is 1.19 bits per heavy atom. The number of thiol groups is 2. The Morgan fingerprint density at radius 3 is 1.72 bits per heavy atom. The summed E-state index contributed by atoms with van der Waals surface area (Å²) in [6, 6.07) is -0.803. The van der Waals surface area contributed by atoms with Gasteiger partial charge in [-0.25, -0.2) is 0 Å². The quantitative estimate of drug-likeness (QED) is 0.0149. The van der Waals surface area contributed by atoms with Crippen molar-refractivity contribution in [2.75, 3.05) is 43.1 Å². The number of rotatable bonds is 30. The van der Waals surface area contributed by atoms with Crippen molar-refractivity contribution in [3.63, 3.8) is 0 Å². The third-order valence-corrected chi connectivity index (χ3v) is 10.1. The van der Waals surface area contributed by atoms with Gasteiger partial charge in [-0.1, -0.05) is 30.3 Å². The van der Waals surface area contributed by atoms with Crippen molar-refractivity contribution in [3.05, 3.63) is 35.9 Å². The van der Waals surface area contributed by atoms with Gasteiger partial charge in [0, 0.05) is 24.5 Å². The van der Waals surface area contributed by atoms with E-state index in [1.807, 2.05) is 0 Å². The standard InChI is InChI=1S/C37H58N12O12S3/c1-19(36(60)61)44-35(59)26(18-63)46-28(51)16-43-32(56)24(13-20-7-4-3-5-8-20)49-33(57)23(10-12-64-2)48-34(58)25(14-29(52)53)45-27(50)15-42-31(55)22(9-6-11-41-37(39)40)47-30(54)21(38)17-62/h3-5,7-8,19,21-26,62-63H,6,9-18,38H2,1-2H3,(H,42,55)(H,43,56)(H,44,59)(H,45,50)(H,46,51)(H,47,54)(H,48,58)(H,49,57)(H,52,53)(H,60,61)(H4,39,40,41)/t19-,21-,22-,23-,24-,25-,26-/m0/s1. The molecule has 0 bridgehead atoms. The fourth-order valence-electron chi connectivity index (χ4n) is 5.27. The zero-order valence-corrected chi connectivity index (χ0v) is 37.8. The van der Waals surface area contributed by atoms with E-state index in [1.165, 1.54) is 18.7 Å². The molecule has 27 heteroatoms. The molecule has 0 fully saturated rings.